The predicted molar refractivity (Wildman–Crippen MR) is 137 cm³/mol. The zero-order valence-electron chi connectivity index (χ0n) is 23.2. The molecule has 3 heteroatoms. The molecule has 5 rings (SSSR count). The van der Waals surface area contributed by atoms with Gasteiger partial charge in [0.25, 0.3) is 0 Å². The lowest BCUT2D eigenvalue weighted by atomic mass is 9.33. The molecule has 1 N–H and O–H groups in total. The molecule has 0 spiro atoms. The van der Waals surface area contributed by atoms with Crippen LogP contribution in [0.15, 0.2) is 11.6 Å². The number of fused-ring (bicyclic) bond motifs is 7. The van der Waals surface area contributed by atoms with Gasteiger partial charge in [0.05, 0.1) is 18.6 Å². The van der Waals surface area contributed by atoms with E-state index in [-0.39, 0.29) is 39.1 Å². The third kappa shape index (κ3) is 2.83. The van der Waals surface area contributed by atoms with Crippen molar-refractivity contribution in [3.63, 3.8) is 0 Å². The van der Waals surface area contributed by atoms with Crippen molar-refractivity contribution in [3.8, 4) is 0 Å². The largest absolute Gasteiger partial charge is 0.469 e. The Kier molecular flexibility index (Phi) is 5.55. The van der Waals surface area contributed by atoms with Crippen molar-refractivity contribution >= 4 is 5.97 Å². The maximum atomic E-state index is 13.4. The van der Waals surface area contributed by atoms with Crippen LogP contribution < -0.4 is 0 Å². The molecule has 0 radical (unpaired) electrons. The number of ether oxygens (including phenoxy) is 1. The number of hydrogen-bond donors (Lipinski definition) is 1. The van der Waals surface area contributed by atoms with Gasteiger partial charge in [0.15, 0.2) is 0 Å². The second-order valence-electron chi connectivity index (χ2n) is 14.7. The van der Waals surface area contributed by atoms with Gasteiger partial charge in [-0.2, -0.15) is 0 Å². The van der Waals surface area contributed by atoms with Gasteiger partial charge in [-0.25, -0.2) is 0 Å². The minimum absolute atomic E-state index is 0.0147. The van der Waals surface area contributed by atoms with E-state index in [0.29, 0.717) is 29.6 Å². The highest BCUT2D eigenvalue weighted by Gasteiger charge is 2.69. The maximum absolute atomic E-state index is 13.4. The number of carbonyl (C=O) groups is 1. The Bertz CT molecular complexity index is 889. The van der Waals surface area contributed by atoms with E-state index in [2.05, 4.69) is 54.5 Å². The van der Waals surface area contributed by atoms with E-state index in [4.69, 9.17) is 4.74 Å². The molecule has 0 aromatic carbocycles. The average molecular weight is 471 g/mol. The number of esters is 1. The molecule has 4 saturated carbocycles. The molecule has 5 aliphatic carbocycles. The molecule has 5 aliphatic rings. The van der Waals surface area contributed by atoms with Crippen molar-refractivity contribution in [2.45, 2.75) is 112 Å². The van der Waals surface area contributed by atoms with Gasteiger partial charge in [0.2, 0.25) is 0 Å². The number of allylic oxidation sites excluding steroid dienone is 2. The summed E-state index contributed by atoms with van der Waals surface area (Å²) in [5, 5.41) is 10.9. The van der Waals surface area contributed by atoms with Crippen molar-refractivity contribution in [1.82, 2.24) is 0 Å². The topological polar surface area (TPSA) is 46.5 Å². The lowest BCUT2D eigenvalue weighted by Crippen LogP contribution is -2.65. The number of methoxy groups -OCH3 is 1. The summed E-state index contributed by atoms with van der Waals surface area (Å²) >= 11 is 0. The molecular formula is C31H50O3. The molecule has 4 fully saturated rings. The van der Waals surface area contributed by atoms with Gasteiger partial charge in [0.1, 0.15) is 0 Å². The third-order valence-electron chi connectivity index (χ3n) is 13.6. The van der Waals surface area contributed by atoms with Crippen molar-refractivity contribution in [1.29, 1.82) is 0 Å². The van der Waals surface area contributed by atoms with E-state index in [0.717, 1.165) is 44.9 Å². The van der Waals surface area contributed by atoms with Gasteiger partial charge in [-0.05, 0) is 109 Å². The maximum Gasteiger partial charge on any atom is 0.312 e. The number of aliphatic hydroxyl groups is 1. The Morgan fingerprint density at radius 2 is 1.65 bits per heavy atom. The Hall–Kier alpha value is -0.830. The van der Waals surface area contributed by atoms with Crippen molar-refractivity contribution in [3.05, 3.63) is 11.6 Å². The van der Waals surface area contributed by atoms with Crippen LogP contribution in [0.1, 0.15) is 106 Å². The monoisotopic (exact) mass is 470 g/mol. The fraction of sp³-hybridized carbons (Fsp3) is 0.903. The van der Waals surface area contributed by atoms with Gasteiger partial charge in [-0.1, -0.05) is 60.1 Å². The van der Waals surface area contributed by atoms with Crippen molar-refractivity contribution in [2.75, 3.05) is 7.11 Å². The number of carbonyl (C=O) groups excluding carboxylic acids is 1. The first-order valence-corrected chi connectivity index (χ1v) is 14.3. The predicted octanol–water partition coefficient (Wildman–Crippen LogP) is 7.18. The first-order valence-electron chi connectivity index (χ1n) is 14.3. The zero-order chi connectivity index (χ0) is 24.9. The summed E-state index contributed by atoms with van der Waals surface area (Å²) < 4.78 is 5.51. The van der Waals surface area contributed by atoms with Crippen molar-refractivity contribution in [2.24, 2.45) is 56.7 Å². The molecule has 1 unspecified atom stereocenters. The third-order valence-corrected chi connectivity index (χ3v) is 13.6. The van der Waals surface area contributed by atoms with E-state index in [1.54, 1.807) is 12.7 Å². The summed E-state index contributed by atoms with van der Waals surface area (Å²) in [5.41, 5.74) is 1.91. The van der Waals surface area contributed by atoms with Crippen LogP contribution in [0, 0.1) is 56.7 Å². The highest BCUT2D eigenvalue weighted by Crippen LogP contribution is 2.75. The van der Waals surface area contributed by atoms with Crippen LogP contribution in [0.25, 0.3) is 0 Å². The highest BCUT2D eigenvalue weighted by atomic mass is 16.5. The first-order chi connectivity index (χ1) is 15.8. The SMILES string of the molecule is COC(=O)[C@]12CC[C@@H](C)[C@H](C)[C@H]1C1=CC[C@@H]3[C@@]4(C)CC[C@H](O)C(C)(C)C4CC[C@@]3(C)[C@]1(C)CC2. The van der Waals surface area contributed by atoms with E-state index in [1.165, 1.54) is 12.8 Å². The quantitative estimate of drug-likeness (QED) is 0.326. The van der Waals surface area contributed by atoms with Crippen LogP contribution in [0.4, 0.5) is 0 Å². The normalized spacial score (nSPS) is 54.0. The van der Waals surface area contributed by atoms with Gasteiger partial charge < -0.3 is 9.84 Å². The molecular weight excluding hydrogens is 420 g/mol. The standard InChI is InChI=1S/C31H50O3/c1-19-11-16-31(26(33)34-8)18-17-29(6)21(25(31)20(19)2)9-10-23-28(5)14-13-24(32)27(3,4)22(28)12-15-30(23,29)7/h9,19-20,22-25,32H,10-18H2,1-8H3/t19-,20+,22?,23-,24+,25+,28+,29-,30-,31+/m1/s1. The molecule has 0 amide bonds. The average Bonchev–Trinajstić information content (AvgIpc) is 2.79. The van der Waals surface area contributed by atoms with Crippen LogP contribution >= 0.6 is 0 Å². The first kappa shape index (κ1) is 24.8. The second-order valence-corrected chi connectivity index (χ2v) is 14.7. The fourth-order valence-corrected chi connectivity index (χ4v) is 11.0. The molecule has 10 atom stereocenters. The molecule has 0 bridgehead atoms. The lowest BCUT2D eigenvalue weighted by Gasteiger charge is -2.71. The number of hydrogen-bond acceptors (Lipinski definition) is 3. The van der Waals surface area contributed by atoms with Gasteiger partial charge in [-0.15, -0.1) is 0 Å². The molecule has 0 aliphatic heterocycles. The highest BCUT2D eigenvalue weighted by molar-refractivity contribution is 5.78. The van der Waals surface area contributed by atoms with Crippen molar-refractivity contribution < 1.29 is 14.6 Å². The fourth-order valence-electron chi connectivity index (χ4n) is 11.0. The van der Waals surface area contributed by atoms with Crippen LogP contribution in [0.3, 0.4) is 0 Å². The molecule has 192 valence electrons. The van der Waals surface area contributed by atoms with E-state index < -0.39 is 0 Å². The molecule has 3 nitrogen and oxygen atoms in total. The summed E-state index contributed by atoms with van der Waals surface area (Å²) in [5.74, 6) is 2.73. The van der Waals surface area contributed by atoms with Crippen LogP contribution in [0.2, 0.25) is 0 Å². The summed E-state index contributed by atoms with van der Waals surface area (Å²) in [6, 6.07) is 0. The number of aliphatic hydroxyl groups excluding tert-OH is 1. The lowest BCUT2D eigenvalue weighted by molar-refractivity contribution is -0.207. The molecule has 0 aromatic heterocycles. The summed E-state index contributed by atoms with van der Waals surface area (Å²) in [6.07, 6.45) is 12.3. The van der Waals surface area contributed by atoms with Gasteiger partial charge in [-0.3, -0.25) is 4.79 Å². The molecule has 0 heterocycles. The van der Waals surface area contributed by atoms with Gasteiger partial charge in [0, 0.05) is 0 Å². The van der Waals surface area contributed by atoms with E-state index in [1.807, 2.05) is 0 Å². The minimum atomic E-state index is -0.326. The Balaban J connectivity index is 1.61. The second kappa shape index (κ2) is 7.59. The van der Waals surface area contributed by atoms with E-state index in [9.17, 15) is 9.90 Å². The molecule has 0 aromatic rings. The zero-order valence-corrected chi connectivity index (χ0v) is 23.2. The van der Waals surface area contributed by atoms with Crippen LogP contribution in [-0.4, -0.2) is 24.3 Å². The summed E-state index contributed by atoms with van der Waals surface area (Å²) in [6.45, 7) is 17.2. The smallest absolute Gasteiger partial charge is 0.312 e. The number of rotatable bonds is 1. The molecule has 0 saturated heterocycles. The van der Waals surface area contributed by atoms with Crippen LogP contribution in [-0.2, 0) is 9.53 Å². The summed E-state index contributed by atoms with van der Waals surface area (Å²) in [7, 11) is 1.60. The Morgan fingerprint density at radius 3 is 2.32 bits per heavy atom. The minimum Gasteiger partial charge on any atom is -0.469 e. The summed E-state index contributed by atoms with van der Waals surface area (Å²) in [4.78, 5) is 13.4. The van der Waals surface area contributed by atoms with Crippen LogP contribution in [0.5, 0.6) is 0 Å². The Morgan fingerprint density at radius 1 is 0.941 bits per heavy atom. The Labute approximate surface area is 208 Å². The molecule has 34 heavy (non-hydrogen) atoms. The van der Waals surface area contributed by atoms with Gasteiger partial charge >= 0.3 is 5.97 Å². The van der Waals surface area contributed by atoms with E-state index >= 15 is 0 Å².